The lowest BCUT2D eigenvalue weighted by atomic mass is 9.86. The molecule has 0 amide bonds. The predicted octanol–water partition coefficient (Wildman–Crippen LogP) is 1.37. The van der Waals surface area contributed by atoms with Gasteiger partial charge >= 0.3 is 0 Å². The molecule has 0 saturated carbocycles. The van der Waals surface area contributed by atoms with Gasteiger partial charge in [-0.2, -0.15) is 0 Å². The van der Waals surface area contributed by atoms with Gasteiger partial charge in [0.2, 0.25) is 0 Å². The van der Waals surface area contributed by atoms with Crippen LogP contribution in [0.3, 0.4) is 0 Å². The highest BCUT2D eigenvalue weighted by atomic mass is 16.5. The molecule has 16 heavy (non-hydrogen) atoms. The molecular weight excluding hydrogens is 200 g/mol. The van der Waals surface area contributed by atoms with Crippen LogP contribution in [-0.2, 0) is 17.7 Å². The molecule has 86 valence electrons. The van der Waals surface area contributed by atoms with E-state index in [0.29, 0.717) is 5.92 Å². The van der Waals surface area contributed by atoms with Gasteiger partial charge in [0, 0.05) is 24.7 Å². The molecule has 0 bridgehead atoms. The highest BCUT2D eigenvalue weighted by Crippen LogP contribution is 2.34. The molecule has 1 aromatic rings. The molecule has 3 heteroatoms. The fourth-order valence-corrected chi connectivity index (χ4v) is 3.03. The van der Waals surface area contributed by atoms with E-state index in [1.165, 1.54) is 16.7 Å². The average molecular weight is 218 g/mol. The van der Waals surface area contributed by atoms with Gasteiger partial charge in [-0.05, 0) is 42.3 Å². The molecule has 3 nitrogen and oxygen atoms in total. The molecule has 2 aliphatic rings. The van der Waals surface area contributed by atoms with Crippen LogP contribution in [0.2, 0.25) is 0 Å². The van der Waals surface area contributed by atoms with Crippen molar-refractivity contribution < 1.29 is 4.74 Å². The van der Waals surface area contributed by atoms with Crippen LogP contribution in [0.5, 0.6) is 0 Å². The van der Waals surface area contributed by atoms with E-state index in [2.05, 4.69) is 24.1 Å². The summed E-state index contributed by atoms with van der Waals surface area (Å²) < 4.78 is 5.69. The fourth-order valence-electron chi connectivity index (χ4n) is 3.03. The Bertz CT molecular complexity index is 417. The van der Waals surface area contributed by atoms with Crippen molar-refractivity contribution in [2.45, 2.75) is 18.9 Å². The maximum Gasteiger partial charge on any atom is 0.0547 e. The Kier molecular flexibility index (Phi) is 2.37. The van der Waals surface area contributed by atoms with Crippen LogP contribution in [-0.4, -0.2) is 31.7 Å². The van der Waals surface area contributed by atoms with Crippen LogP contribution >= 0.6 is 0 Å². The largest absolute Gasteiger partial charge is 0.399 e. The molecule has 0 aliphatic carbocycles. The average Bonchev–Trinajstić information content (AvgIpc) is 2.40. The Labute approximate surface area is 96.2 Å². The van der Waals surface area contributed by atoms with E-state index >= 15 is 0 Å². The number of hydrogen-bond acceptors (Lipinski definition) is 3. The van der Waals surface area contributed by atoms with Crippen molar-refractivity contribution in [2.24, 2.45) is 0 Å². The van der Waals surface area contributed by atoms with Crippen molar-refractivity contribution in [1.29, 1.82) is 0 Å². The summed E-state index contributed by atoms with van der Waals surface area (Å²) in [4.78, 5) is 2.35. The molecule has 2 aliphatic heterocycles. The third-order valence-electron chi connectivity index (χ3n) is 3.59. The Hall–Kier alpha value is -1.06. The fraction of sp³-hybridized carbons (Fsp3) is 0.538. The third kappa shape index (κ3) is 1.60. The molecule has 1 atom stereocenters. The van der Waals surface area contributed by atoms with Crippen molar-refractivity contribution in [3.8, 4) is 0 Å². The standard InChI is InChI=1S/C13H18N2O/c1-15-6-10-5-12(14)4-9-2-3-16-8-11(7-15)13(9)10/h4-5,11H,2-3,6-8,14H2,1H3. The number of anilines is 1. The zero-order valence-electron chi connectivity index (χ0n) is 9.70. The molecule has 3 rings (SSSR count). The van der Waals surface area contributed by atoms with Crippen LogP contribution < -0.4 is 5.73 Å². The van der Waals surface area contributed by atoms with Gasteiger partial charge < -0.3 is 15.4 Å². The van der Waals surface area contributed by atoms with E-state index in [1.54, 1.807) is 0 Å². The lowest BCUT2D eigenvalue weighted by Crippen LogP contribution is -2.32. The van der Waals surface area contributed by atoms with Crippen LogP contribution in [0.25, 0.3) is 0 Å². The van der Waals surface area contributed by atoms with Crippen LogP contribution in [0.4, 0.5) is 5.69 Å². The maximum atomic E-state index is 5.96. The Morgan fingerprint density at radius 3 is 3.06 bits per heavy atom. The lowest BCUT2D eigenvalue weighted by Gasteiger charge is -2.32. The minimum absolute atomic E-state index is 0.534. The summed E-state index contributed by atoms with van der Waals surface area (Å²) in [5, 5.41) is 0. The Balaban J connectivity index is 2.14. The first kappa shape index (κ1) is 10.1. The molecule has 1 aromatic carbocycles. The van der Waals surface area contributed by atoms with Crippen molar-refractivity contribution in [3.63, 3.8) is 0 Å². The monoisotopic (exact) mass is 218 g/mol. The number of likely N-dealkylation sites (N-methyl/N-ethyl adjacent to an activating group) is 1. The Morgan fingerprint density at radius 1 is 1.38 bits per heavy atom. The first-order valence-electron chi connectivity index (χ1n) is 5.91. The summed E-state index contributed by atoms with van der Waals surface area (Å²) in [6.45, 7) is 3.80. The normalized spacial score (nSPS) is 24.9. The topological polar surface area (TPSA) is 38.5 Å². The summed E-state index contributed by atoms with van der Waals surface area (Å²) in [5.74, 6) is 0.534. The number of hydrogen-bond donors (Lipinski definition) is 1. The predicted molar refractivity (Wildman–Crippen MR) is 64.5 cm³/mol. The van der Waals surface area contributed by atoms with Gasteiger partial charge in [-0.1, -0.05) is 0 Å². The van der Waals surface area contributed by atoms with Crippen LogP contribution in [0.15, 0.2) is 12.1 Å². The van der Waals surface area contributed by atoms with E-state index in [0.717, 1.165) is 38.4 Å². The number of benzene rings is 1. The number of ether oxygens (including phenoxy) is 1. The maximum absolute atomic E-state index is 5.96. The quantitative estimate of drug-likeness (QED) is 0.668. The number of nitrogens with two attached hydrogens (primary N) is 1. The molecule has 0 saturated heterocycles. The zero-order chi connectivity index (χ0) is 11.1. The van der Waals surface area contributed by atoms with Crippen LogP contribution in [0.1, 0.15) is 22.6 Å². The summed E-state index contributed by atoms with van der Waals surface area (Å²) in [7, 11) is 2.16. The lowest BCUT2D eigenvalue weighted by molar-refractivity contribution is 0.114. The van der Waals surface area contributed by atoms with Crippen molar-refractivity contribution in [1.82, 2.24) is 4.90 Å². The molecule has 1 unspecified atom stereocenters. The van der Waals surface area contributed by atoms with E-state index in [1.807, 2.05) is 0 Å². The van der Waals surface area contributed by atoms with Gasteiger partial charge in [-0.15, -0.1) is 0 Å². The minimum atomic E-state index is 0.534. The number of nitrogens with zero attached hydrogens (tertiary/aromatic N) is 1. The van der Waals surface area contributed by atoms with Crippen molar-refractivity contribution >= 4 is 5.69 Å². The van der Waals surface area contributed by atoms with Crippen molar-refractivity contribution in [2.75, 3.05) is 32.5 Å². The van der Waals surface area contributed by atoms with Gasteiger partial charge in [0.1, 0.15) is 0 Å². The summed E-state index contributed by atoms with van der Waals surface area (Å²) in [6, 6.07) is 4.26. The smallest absolute Gasteiger partial charge is 0.0547 e. The summed E-state index contributed by atoms with van der Waals surface area (Å²) >= 11 is 0. The van der Waals surface area contributed by atoms with Gasteiger partial charge in [0.25, 0.3) is 0 Å². The number of nitrogen functional groups attached to an aromatic ring is 1. The van der Waals surface area contributed by atoms with E-state index in [-0.39, 0.29) is 0 Å². The van der Waals surface area contributed by atoms with E-state index < -0.39 is 0 Å². The second kappa shape index (κ2) is 3.75. The second-order valence-corrected chi connectivity index (χ2v) is 4.97. The SMILES string of the molecule is CN1Cc2cc(N)cc3c2C(COCC3)C1. The minimum Gasteiger partial charge on any atom is -0.399 e. The van der Waals surface area contributed by atoms with Crippen molar-refractivity contribution in [3.05, 3.63) is 28.8 Å². The third-order valence-corrected chi connectivity index (χ3v) is 3.59. The molecule has 0 aromatic heterocycles. The van der Waals surface area contributed by atoms with Gasteiger partial charge in [0.05, 0.1) is 13.2 Å². The molecular formula is C13H18N2O. The van der Waals surface area contributed by atoms with Crippen LogP contribution in [0, 0.1) is 0 Å². The van der Waals surface area contributed by atoms with E-state index in [9.17, 15) is 0 Å². The summed E-state index contributed by atoms with van der Waals surface area (Å²) in [5.41, 5.74) is 11.2. The molecule has 0 spiro atoms. The zero-order valence-corrected chi connectivity index (χ0v) is 9.70. The highest BCUT2D eigenvalue weighted by molar-refractivity contribution is 5.52. The molecule has 2 N–H and O–H groups in total. The second-order valence-electron chi connectivity index (χ2n) is 4.97. The van der Waals surface area contributed by atoms with Gasteiger partial charge in [0.15, 0.2) is 0 Å². The van der Waals surface area contributed by atoms with E-state index in [4.69, 9.17) is 10.5 Å². The Morgan fingerprint density at radius 2 is 2.19 bits per heavy atom. The highest BCUT2D eigenvalue weighted by Gasteiger charge is 2.28. The first-order chi connectivity index (χ1) is 7.74. The first-order valence-corrected chi connectivity index (χ1v) is 5.91. The summed E-state index contributed by atoms with van der Waals surface area (Å²) in [6.07, 6.45) is 1.01. The number of rotatable bonds is 0. The molecule has 0 fully saturated rings. The van der Waals surface area contributed by atoms with Gasteiger partial charge in [-0.3, -0.25) is 0 Å². The molecule has 0 radical (unpaired) electrons. The molecule has 2 heterocycles. The van der Waals surface area contributed by atoms with Gasteiger partial charge in [-0.25, -0.2) is 0 Å².